The van der Waals surface area contributed by atoms with Crippen LogP contribution in [0.3, 0.4) is 0 Å². The van der Waals surface area contributed by atoms with E-state index in [-0.39, 0.29) is 11.7 Å². The van der Waals surface area contributed by atoms with Crippen molar-refractivity contribution in [2.75, 3.05) is 18.8 Å². The third-order valence-corrected chi connectivity index (χ3v) is 4.21. The highest BCUT2D eigenvalue weighted by atomic mass is 32.2. The maximum absolute atomic E-state index is 12.7. The lowest BCUT2D eigenvalue weighted by Crippen LogP contribution is -2.63. The molecule has 0 bridgehead atoms. The Bertz CT molecular complexity index is 443. The van der Waals surface area contributed by atoms with Crippen molar-refractivity contribution >= 4 is 17.7 Å². The molecular formula is C14H18FNO2S. The SMILES string of the molecule is CCCC1(O)CN(C(=O)CSc2ccc(F)cc2)C1. The second kappa shape index (κ2) is 5.92. The number of thioether (sulfide) groups is 1. The first-order chi connectivity index (χ1) is 9.02. The van der Waals surface area contributed by atoms with Gasteiger partial charge in [-0.25, -0.2) is 4.39 Å². The largest absolute Gasteiger partial charge is 0.386 e. The molecule has 1 aliphatic rings. The van der Waals surface area contributed by atoms with Crippen LogP contribution < -0.4 is 0 Å². The Kier molecular flexibility index (Phi) is 4.47. The maximum Gasteiger partial charge on any atom is 0.233 e. The summed E-state index contributed by atoms with van der Waals surface area (Å²) in [6, 6.07) is 6.10. The average molecular weight is 283 g/mol. The minimum atomic E-state index is -0.676. The van der Waals surface area contributed by atoms with Crippen molar-refractivity contribution in [3.05, 3.63) is 30.1 Å². The highest BCUT2D eigenvalue weighted by Gasteiger charge is 2.42. The first kappa shape index (κ1) is 14.3. The van der Waals surface area contributed by atoms with Crippen LogP contribution in [0, 0.1) is 5.82 Å². The van der Waals surface area contributed by atoms with Gasteiger partial charge in [0.1, 0.15) is 5.82 Å². The normalized spacial score (nSPS) is 17.1. The third kappa shape index (κ3) is 3.70. The van der Waals surface area contributed by atoms with Crippen molar-refractivity contribution in [2.45, 2.75) is 30.3 Å². The zero-order valence-electron chi connectivity index (χ0n) is 10.9. The zero-order valence-corrected chi connectivity index (χ0v) is 11.8. The molecule has 1 fully saturated rings. The number of carbonyl (C=O) groups is 1. The number of halogens is 1. The van der Waals surface area contributed by atoms with Gasteiger partial charge in [-0.2, -0.15) is 0 Å². The smallest absolute Gasteiger partial charge is 0.233 e. The molecule has 1 aliphatic heterocycles. The fourth-order valence-corrected chi connectivity index (χ4v) is 3.03. The fourth-order valence-electron chi connectivity index (χ4n) is 2.23. The zero-order chi connectivity index (χ0) is 13.9. The second-order valence-electron chi connectivity index (χ2n) is 4.97. The van der Waals surface area contributed by atoms with E-state index < -0.39 is 5.60 Å². The summed E-state index contributed by atoms with van der Waals surface area (Å²) in [5.74, 6) is 0.0755. The van der Waals surface area contributed by atoms with E-state index in [4.69, 9.17) is 0 Å². The Labute approximate surface area is 116 Å². The first-order valence-electron chi connectivity index (χ1n) is 6.41. The highest BCUT2D eigenvalue weighted by molar-refractivity contribution is 8.00. The molecule has 0 atom stereocenters. The van der Waals surface area contributed by atoms with Gasteiger partial charge >= 0.3 is 0 Å². The molecule has 0 spiro atoms. The van der Waals surface area contributed by atoms with E-state index in [1.165, 1.54) is 23.9 Å². The summed E-state index contributed by atoms with van der Waals surface area (Å²) in [5.41, 5.74) is -0.676. The molecule has 0 radical (unpaired) electrons. The molecule has 0 saturated carbocycles. The number of aliphatic hydroxyl groups is 1. The molecule has 5 heteroatoms. The summed E-state index contributed by atoms with van der Waals surface area (Å²) in [6.45, 7) is 2.89. The van der Waals surface area contributed by atoms with Gasteiger partial charge in [0.05, 0.1) is 24.4 Å². The van der Waals surface area contributed by atoms with E-state index in [9.17, 15) is 14.3 Å². The number of hydrogen-bond donors (Lipinski definition) is 1. The van der Waals surface area contributed by atoms with Crippen molar-refractivity contribution in [1.29, 1.82) is 0 Å². The molecule has 104 valence electrons. The van der Waals surface area contributed by atoms with Gasteiger partial charge in [-0.1, -0.05) is 13.3 Å². The Morgan fingerprint density at radius 1 is 1.42 bits per heavy atom. The molecule has 1 aromatic carbocycles. The summed E-state index contributed by atoms with van der Waals surface area (Å²) >= 11 is 1.39. The lowest BCUT2D eigenvalue weighted by Gasteiger charge is -2.46. The Morgan fingerprint density at radius 2 is 2.05 bits per heavy atom. The molecule has 3 nitrogen and oxygen atoms in total. The predicted molar refractivity (Wildman–Crippen MR) is 73.6 cm³/mol. The van der Waals surface area contributed by atoms with Crippen LogP contribution in [0.25, 0.3) is 0 Å². The summed E-state index contributed by atoms with van der Waals surface area (Å²) in [4.78, 5) is 14.4. The van der Waals surface area contributed by atoms with Gasteiger partial charge in [0, 0.05) is 4.90 Å². The van der Waals surface area contributed by atoms with Crippen molar-refractivity contribution < 1.29 is 14.3 Å². The fraction of sp³-hybridized carbons (Fsp3) is 0.500. The second-order valence-corrected chi connectivity index (χ2v) is 6.02. The maximum atomic E-state index is 12.7. The quantitative estimate of drug-likeness (QED) is 0.843. The van der Waals surface area contributed by atoms with Gasteiger partial charge in [0.15, 0.2) is 0 Å². The third-order valence-electron chi connectivity index (χ3n) is 3.21. The standard InChI is InChI=1S/C14H18FNO2S/c1-2-7-14(18)9-16(10-14)13(17)8-19-12-5-3-11(15)4-6-12/h3-6,18H,2,7-10H2,1H3. The van der Waals surface area contributed by atoms with Gasteiger partial charge in [-0.05, 0) is 30.7 Å². The van der Waals surface area contributed by atoms with Crippen molar-refractivity contribution in [1.82, 2.24) is 4.90 Å². The predicted octanol–water partition coefficient (Wildman–Crippen LogP) is 2.29. The van der Waals surface area contributed by atoms with Crippen LogP contribution in [0.5, 0.6) is 0 Å². The summed E-state index contributed by atoms with van der Waals surface area (Å²) in [7, 11) is 0. The molecule has 1 aromatic rings. The van der Waals surface area contributed by atoms with E-state index in [0.717, 1.165) is 17.7 Å². The number of likely N-dealkylation sites (tertiary alicyclic amines) is 1. The number of amides is 1. The summed E-state index contributed by atoms with van der Waals surface area (Å²) in [5, 5.41) is 10.0. The number of carbonyl (C=O) groups excluding carboxylic acids is 1. The van der Waals surface area contributed by atoms with E-state index in [1.807, 2.05) is 6.92 Å². The van der Waals surface area contributed by atoms with Crippen LogP contribution in [-0.2, 0) is 4.79 Å². The van der Waals surface area contributed by atoms with E-state index in [2.05, 4.69) is 0 Å². The number of hydrogen-bond acceptors (Lipinski definition) is 3. The Hall–Kier alpha value is -1.07. The molecule has 1 saturated heterocycles. The molecule has 0 unspecified atom stereocenters. The van der Waals surface area contributed by atoms with E-state index in [0.29, 0.717) is 18.8 Å². The molecule has 19 heavy (non-hydrogen) atoms. The first-order valence-corrected chi connectivity index (χ1v) is 7.39. The van der Waals surface area contributed by atoms with Gasteiger partial charge in [-0.3, -0.25) is 4.79 Å². The van der Waals surface area contributed by atoms with Crippen LogP contribution >= 0.6 is 11.8 Å². The number of β-amino-alcohol motifs (C(OH)–C–C–N with tert-alkyl or cyclic N) is 1. The topological polar surface area (TPSA) is 40.5 Å². The van der Waals surface area contributed by atoms with Crippen LogP contribution in [0.2, 0.25) is 0 Å². The molecule has 0 aliphatic carbocycles. The Morgan fingerprint density at radius 3 is 2.63 bits per heavy atom. The minimum absolute atomic E-state index is 0.0232. The van der Waals surface area contributed by atoms with E-state index in [1.54, 1.807) is 17.0 Å². The van der Waals surface area contributed by atoms with Crippen molar-refractivity contribution in [3.8, 4) is 0 Å². The van der Waals surface area contributed by atoms with Gasteiger partial charge in [0.25, 0.3) is 0 Å². The average Bonchev–Trinajstić information content (AvgIpc) is 2.35. The van der Waals surface area contributed by atoms with Crippen molar-refractivity contribution in [2.24, 2.45) is 0 Å². The van der Waals surface area contributed by atoms with Gasteiger partial charge < -0.3 is 10.0 Å². The highest BCUT2D eigenvalue weighted by Crippen LogP contribution is 2.27. The number of nitrogens with zero attached hydrogens (tertiary/aromatic N) is 1. The van der Waals surface area contributed by atoms with Gasteiger partial charge in [-0.15, -0.1) is 11.8 Å². The molecule has 1 heterocycles. The van der Waals surface area contributed by atoms with Crippen LogP contribution in [-0.4, -0.2) is 40.4 Å². The van der Waals surface area contributed by atoms with Gasteiger partial charge in [0.2, 0.25) is 5.91 Å². The molecule has 0 aromatic heterocycles. The monoisotopic (exact) mass is 283 g/mol. The molecule has 2 rings (SSSR count). The van der Waals surface area contributed by atoms with Crippen molar-refractivity contribution in [3.63, 3.8) is 0 Å². The van der Waals surface area contributed by atoms with Crippen LogP contribution in [0.1, 0.15) is 19.8 Å². The van der Waals surface area contributed by atoms with E-state index >= 15 is 0 Å². The molecule has 1 amide bonds. The Balaban J connectivity index is 1.76. The van der Waals surface area contributed by atoms with Crippen LogP contribution in [0.15, 0.2) is 29.2 Å². The number of benzene rings is 1. The molecular weight excluding hydrogens is 265 g/mol. The van der Waals surface area contributed by atoms with Crippen LogP contribution in [0.4, 0.5) is 4.39 Å². The summed E-state index contributed by atoms with van der Waals surface area (Å²) in [6.07, 6.45) is 1.66. The number of rotatable bonds is 5. The molecule has 1 N–H and O–H groups in total. The minimum Gasteiger partial charge on any atom is -0.386 e. The lowest BCUT2D eigenvalue weighted by atomic mass is 9.89. The lowest BCUT2D eigenvalue weighted by molar-refractivity contribution is -0.153. The summed E-state index contributed by atoms with van der Waals surface area (Å²) < 4.78 is 12.7.